The van der Waals surface area contributed by atoms with Crippen LogP contribution < -0.4 is 15.4 Å². The van der Waals surface area contributed by atoms with Crippen molar-refractivity contribution in [1.29, 1.82) is 0 Å². The molecule has 1 aliphatic heterocycles. The summed E-state index contributed by atoms with van der Waals surface area (Å²) in [6.45, 7) is 2.40. The third-order valence-electron chi connectivity index (χ3n) is 4.60. The zero-order valence-corrected chi connectivity index (χ0v) is 14.7. The van der Waals surface area contributed by atoms with Crippen LogP contribution in [0.1, 0.15) is 37.7 Å². The minimum absolute atomic E-state index is 0.134. The number of sulfonamides is 1. The molecule has 0 bridgehead atoms. The van der Waals surface area contributed by atoms with Gasteiger partial charge in [0.2, 0.25) is 10.0 Å². The van der Waals surface area contributed by atoms with Crippen LogP contribution in [0.25, 0.3) is 0 Å². The molecule has 0 atom stereocenters. The lowest BCUT2D eigenvalue weighted by Gasteiger charge is -2.33. The van der Waals surface area contributed by atoms with Crippen LogP contribution in [0.5, 0.6) is 0 Å². The van der Waals surface area contributed by atoms with Crippen LogP contribution in [0.15, 0.2) is 40.0 Å². The van der Waals surface area contributed by atoms with E-state index in [9.17, 15) is 8.42 Å². The number of aryl methyl sites for hydroxylation is 1. The second-order valence-electron chi connectivity index (χ2n) is 6.43. The molecule has 1 aromatic rings. The molecule has 0 spiro atoms. The molecule has 1 saturated carbocycles. The summed E-state index contributed by atoms with van der Waals surface area (Å²) in [6, 6.07) is 5.45. The average Bonchev–Trinajstić information content (AvgIpc) is 2.56. The third kappa shape index (κ3) is 3.79. The minimum Gasteiger partial charge on any atom is -0.369 e. The van der Waals surface area contributed by atoms with Gasteiger partial charge in [-0.3, -0.25) is 4.99 Å². The van der Waals surface area contributed by atoms with E-state index in [0.717, 1.165) is 17.1 Å². The normalized spacial score (nSPS) is 19.2. The van der Waals surface area contributed by atoms with Crippen LogP contribution in [0.4, 0.5) is 5.69 Å². The smallest absolute Gasteiger partial charge is 0.238 e. The van der Waals surface area contributed by atoms with Crippen molar-refractivity contribution in [3.63, 3.8) is 0 Å². The summed E-state index contributed by atoms with van der Waals surface area (Å²) in [4.78, 5) is 6.55. The molecule has 0 unspecified atom stereocenters. The third-order valence-corrected chi connectivity index (χ3v) is 5.51. The largest absolute Gasteiger partial charge is 0.369 e. The number of hydrogen-bond acceptors (Lipinski definition) is 5. The Labute approximate surface area is 143 Å². The highest BCUT2D eigenvalue weighted by atomic mass is 32.2. The van der Waals surface area contributed by atoms with Crippen LogP contribution in [0.3, 0.4) is 0 Å². The van der Waals surface area contributed by atoms with Gasteiger partial charge in [0.15, 0.2) is 0 Å². The summed E-state index contributed by atoms with van der Waals surface area (Å²) >= 11 is 0. The van der Waals surface area contributed by atoms with Gasteiger partial charge in [-0.25, -0.2) is 13.6 Å². The number of nitrogens with one attached hydrogen (secondary N) is 1. The van der Waals surface area contributed by atoms with Gasteiger partial charge in [0.05, 0.1) is 4.90 Å². The second kappa shape index (κ2) is 6.94. The van der Waals surface area contributed by atoms with Gasteiger partial charge in [-0.15, -0.1) is 0 Å². The van der Waals surface area contributed by atoms with Gasteiger partial charge in [-0.1, -0.05) is 19.3 Å². The fraction of sp³-hybridized carbons (Fsp3) is 0.471. The van der Waals surface area contributed by atoms with Crippen molar-refractivity contribution in [2.75, 3.05) is 11.6 Å². The minimum atomic E-state index is -3.69. The Morgan fingerprint density at radius 2 is 2.00 bits per heavy atom. The van der Waals surface area contributed by atoms with Crippen molar-refractivity contribution in [2.24, 2.45) is 10.1 Å². The van der Waals surface area contributed by atoms with Crippen molar-refractivity contribution in [3.05, 3.63) is 35.7 Å². The maximum Gasteiger partial charge on any atom is 0.238 e. The zero-order valence-electron chi connectivity index (χ0n) is 13.9. The van der Waals surface area contributed by atoms with Crippen molar-refractivity contribution in [3.8, 4) is 0 Å². The summed E-state index contributed by atoms with van der Waals surface area (Å²) in [5.41, 5.74) is 1.80. The molecule has 0 amide bonds. The van der Waals surface area contributed by atoms with Gasteiger partial charge in [-0.2, -0.15) is 0 Å². The van der Waals surface area contributed by atoms with E-state index in [2.05, 4.69) is 15.2 Å². The van der Waals surface area contributed by atoms with Gasteiger partial charge in [0.25, 0.3) is 0 Å². The lowest BCUT2D eigenvalue weighted by Crippen LogP contribution is -2.40. The van der Waals surface area contributed by atoms with Crippen molar-refractivity contribution >= 4 is 21.9 Å². The number of nitrogens with zero attached hydrogens (tertiary/aromatic N) is 2. The second-order valence-corrected chi connectivity index (χ2v) is 7.99. The summed E-state index contributed by atoms with van der Waals surface area (Å²) in [6.07, 6.45) is 10.0. The van der Waals surface area contributed by atoms with E-state index in [1.165, 1.54) is 32.1 Å². The number of allylic oxidation sites excluding steroid dienone is 1. The molecule has 1 aromatic carbocycles. The van der Waals surface area contributed by atoms with E-state index in [1.807, 2.05) is 19.2 Å². The molecule has 0 aromatic heterocycles. The Kier molecular flexibility index (Phi) is 4.91. The Morgan fingerprint density at radius 3 is 2.67 bits per heavy atom. The first-order chi connectivity index (χ1) is 11.4. The molecule has 2 aliphatic rings. The number of benzene rings is 1. The number of nitrogens with two attached hydrogens (primary N) is 1. The van der Waals surface area contributed by atoms with Gasteiger partial charge in [0, 0.05) is 17.9 Å². The molecule has 6 nitrogen and oxygen atoms in total. The van der Waals surface area contributed by atoms with E-state index in [4.69, 9.17) is 5.14 Å². The SMILES string of the molecule is Cc1cc(S(N)(=O)=O)ccc1N1CN=CC=C1NC1CCCCC1. The first kappa shape index (κ1) is 17.0. The van der Waals surface area contributed by atoms with Gasteiger partial charge in [0.1, 0.15) is 12.5 Å². The monoisotopic (exact) mass is 348 g/mol. The molecule has 130 valence electrons. The number of rotatable bonds is 4. The number of anilines is 1. The zero-order chi connectivity index (χ0) is 17.2. The Morgan fingerprint density at radius 1 is 1.25 bits per heavy atom. The van der Waals surface area contributed by atoms with Crippen molar-refractivity contribution < 1.29 is 8.42 Å². The number of aliphatic imine (C=N–C) groups is 1. The van der Waals surface area contributed by atoms with Gasteiger partial charge in [-0.05, 0) is 49.6 Å². The molecule has 3 N–H and O–H groups in total. The quantitative estimate of drug-likeness (QED) is 0.873. The maximum absolute atomic E-state index is 11.5. The molecular formula is C17H24N4O2S. The molecule has 1 heterocycles. The fourth-order valence-corrected chi connectivity index (χ4v) is 3.91. The number of hydrogen-bond donors (Lipinski definition) is 2. The van der Waals surface area contributed by atoms with E-state index < -0.39 is 10.0 Å². The lowest BCUT2D eigenvalue weighted by molar-refractivity contribution is 0.393. The highest BCUT2D eigenvalue weighted by molar-refractivity contribution is 7.89. The maximum atomic E-state index is 11.5. The molecule has 1 aliphatic carbocycles. The van der Waals surface area contributed by atoms with Crippen LogP contribution in [0.2, 0.25) is 0 Å². The van der Waals surface area contributed by atoms with Gasteiger partial charge < -0.3 is 10.2 Å². The molecular weight excluding hydrogens is 324 g/mol. The predicted molar refractivity (Wildman–Crippen MR) is 96.5 cm³/mol. The van der Waals surface area contributed by atoms with E-state index in [1.54, 1.807) is 18.2 Å². The van der Waals surface area contributed by atoms with Crippen molar-refractivity contribution in [2.45, 2.75) is 50.0 Å². The number of primary sulfonamides is 1. The fourth-order valence-electron chi connectivity index (χ4n) is 3.31. The van der Waals surface area contributed by atoms with Crippen LogP contribution >= 0.6 is 0 Å². The van der Waals surface area contributed by atoms with Crippen LogP contribution in [-0.2, 0) is 10.0 Å². The van der Waals surface area contributed by atoms with Crippen LogP contribution in [-0.4, -0.2) is 27.3 Å². The molecule has 0 saturated heterocycles. The highest BCUT2D eigenvalue weighted by Crippen LogP contribution is 2.27. The molecule has 7 heteroatoms. The standard InChI is InChI=1S/C17H24N4O2S/c1-13-11-15(24(18,22)23)7-8-16(13)21-12-19-10-9-17(21)20-14-5-3-2-4-6-14/h7-11,14,20H,2-6,12H2,1H3,(H2,18,22,23). The van der Waals surface area contributed by atoms with Gasteiger partial charge >= 0.3 is 0 Å². The lowest BCUT2D eigenvalue weighted by atomic mass is 9.95. The highest BCUT2D eigenvalue weighted by Gasteiger charge is 2.21. The average molecular weight is 348 g/mol. The predicted octanol–water partition coefficient (Wildman–Crippen LogP) is 2.25. The summed E-state index contributed by atoms with van der Waals surface area (Å²) in [5.74, 6) is 1.02. The van der Waals surface area contributed by atoms with E-state index in [-0.39, 0.29) is 4.90 Å². The molecule has 3 rings (SSSR count). The summed E-state index contributed by atoms with van der Waals surface area (Å²) < 4.78 is 23.0. The first-order valence-corrected chi connectivity index (χ1v) is 9.87. The molecule has 24 heavy (non-hydrogen) atoms. The first-order valence-electron chi connectivity index (χ1n) is 8.33. The Balaban J connectivity index is 1.84. The van der Waals surface area contributed by atoms with E-state index >= 15 is 0 Å². The summed E-state index contributed by atoms with van der Waals surface area (Å²) in [7, 11) is -3.69. The summed E-state index contributed by atoms with van der Waals surface area (Å²) in [5, 5.41) is 8.85. The Hall–Kier alpha value is -1.86. The van der Waals surface area contributed by atoms with Crippen LogP contribution in [0, 0.1) is 6.92 Å². The van der Waals surface area contributed by atoms with E-state index in [0.29, 0.717) is 12.7 Å². The molecule has 1 fully saturated rings. The van der Waals surface area contributed by atoms with Crippen molar-refractivity contribution in [1.82, 2.24) is 5.32 Å². The molecule has 0 radical (unpaired) electrons. The topological polar surface area (TPSA) is 87.8 Å². The Bertz CT molecular complexity index is 765.